The summed E-state index contributed by atoms with van der Waals surface area (Å²) in [6.45, 7) is 3.23. The summed E-state index contributed by atoms with van der Waals surface area (Å²) in [5.74, 6) is -1.27. The molecule has 27 heavy (non-hydrogen) atoms. The Morgan fingerprint density at radius 1 is 1.26 bits per heavy atom. The predicted molar refractivity (Wildman–Crippen MR) is 102 cm³/mol. The Labute approximate surface area is 161 Å². The maximum atomic E-state index is 13.1. The normalized spacial score (nSPS) is 11.9. The molecule has 0 saturated carbocycles. The van der Waals surface area contributed by atoms with Gasteiger partial charge in [0.15, 0.2) is 6.10 Å². The summed E-state index contributed by atoms with van der Waals surface area (Å²) in [5.41, 5.74) is 1.68. The van der Waals surface area contributed by atoms with Crippen molar-refractivity contribution in [3.8, 4) is 5.75 Å². The van der Waals surface area contributed by atoms with E-state index < -0.39 is 23.8 Å². The summed E-state index contributed by atoms with van der Waals surface area (Å²) in [7, 11) is 1.46. The zero-order valence-corrected chi connectivity index (χ0v) is 15.8. The van der Waals surface area contributed by atoms with Crippen LogP contribution in [-0.4, -0.2) is 25.1 Å². The van der Waals surface area contributed by atoms with Gasteiger partial charge in [0.1, 0.15) is 11.6 Å². The molecular weight excluding hydrogens is 373 g/mol. The highest BCUT2D eigenvalue weighted by atomic mass is 35.5. The van der Waals surface area contributed by atoms with Crippen LogP contribution < -0.4 is 10.1 Å². The van der Waals surface area contributed by atoms with Crippen LogP contribution in [0.5, 0.6) is 5.75 Å². The molecule has 0 aliphatic carbocycles. The van der Waals surface area contributed by atoms with Crippen LogP contribution in [0.1, 0.15) is 18.1 Å². The lowest BCUT2D eigenvalue weighted by Crippen LogP contribution is -2.29. The minimum absolute atomic E-state index is 0.392. The van der Waals surface area contributed by atoms with Crippen LogP contribution in [0.2, 0.25) is 5.02 Å². The number of hydrogen-bond acceptors (Lipinski definition) is 4. The Bertz CT molecular complexity index is 882. The third kappa shape index (κ3) is 5.82. The molecule has 0 aromatic heterocycles. The molecule has 7 heteroatoms. The number of amides is 1. The molecule has 0 fully saturated rings. The van der Waals surface area contributed by atoms with E-state index >= 15 is 0 Å². The zero-order valence-electron chi connectivity index (χ0n) is 15.1. The minimum atomic E-state index is -1.05. The van der Waals surface area contributed by atoms with Crippen molar-refractivity contribution >= 4 is 35.2 Å². The van der Waals surface area contributed by atoms with Crippen molar-refractivity contribution in [2.45, 2.75) is 20.0 Å². The first kappa shape index (κ1) is 20.5. The second-order valence-electron chi connectivity index (χ2n) is 5.76. The number of anilines is 1. The molecular formula is C20H19ClFNO4. The van der Waals surface area contributed by atoms with Gasteiger partial charge in [-0.05, 0) is 49.2 Å². The summed E-state index contributed by atoms with van der Waals surface area (Å²) in [4.78, 5) is 24.1. The summed E-state index contributed by atoms with van der Waals surface area (Å²) in [6, 6.07) is 8.99. The summed E-state index contributed by atoms with van der Waals surface area (Å²) in [5, 5.41) is 3.15. The number of nitrogens with one attached hydrogen (secondary N) is 1. The maximum Gasteiger partial charge on any atom is 0.331 e. The Balaban J connectivity index is 1.99. The molecule has 1 amide bonds. The summed E-state index contributed by atoms with van der Waals surface area (Å²) in [6.07, 6.45) is 1.49. The number of halogens is 2. The molecule has 2 rings (SSSR count). The van der Waals surface area contributed by atoms with Crippen molar-refractivity contribution in [1.29, 1.82) is 0 Å². The van der Waals surface area contributed by atoms with Gasteiger partial charge in [0.2, 0.25) is 0 Å². The second kappa shape index (κ2) is 9.19. The fraction of sp³-hybridized carbons (Fsp3) is 0.200. The first-order valence-electron chi connectivity index (χ1n) is 8.09. The number of esters is 1. The number of benzene rings is 2. The van der Waals surface area contributed by atoms with E-state index in [-0.39, 0.29) is 0 Å². The van der Waals surface area contributed by atoms with Gasteiger partial charge in [-0.3, -0.25) is 4.79 Å². The van der Waals surface area contributed by atoms with E-state index in [2.05, 4.69) is 5.32 Å². The number of carbonyl (C=O) groups excluding carboxylic acids is 2. The Morgan fingerprint density at radius 3 is 2.67 bits per heavy atom. The van der Waals surface area contributed by atoms with E-state index in [1.165, 1.54) is 38.3 Å². The molecule has 1 unspecified atom stereocenters. The van der Waals surface area contributed by atoms with Gasteiger partial charge in [-0.15, -0.1) is 0 Å². The molecule has 0 saturated heterocycles. The van der Waals surface area contributed by atoms with Crippen molar-refractivity contribution in [2.75, 3.05) is 12.4 Å². The summed E-state index contributed by atoms with van der Waals surface area (Å²) < 4.78 is 23.4. The van der Waals surface area contributed by atoms with Gasteiger partial charge in [-0.2, -0.15) is 0 Å². The highest BCUT2D eigenvalue weighted by Gasteiger charge is 2.19. The zero-order chi connectivity index (χ0) is 20.0. The molecule has 2 aromatic carbocycles. The standard InChI is InChI=1S/C20H19ClFNO4/c1-12-9-17(18(26-3)11-16(12)21)23-20(25)13(2)27-19(24)8-7-14-5-4-6-15(22)10-14/h4-11,13H,1-3H3,(H,23,25)/b8-7+. The van der Waals surface area contributed by atoms with Crippen LogP contribution in [0, 0.1) is 12.7 Å². The SMILES string of the molecule is COc1cc(Cl)c(C)cc1NC(=O)C(C)OC(=O)/C=C/c1cccc(F)c1. The monoisotopic (exact) mass is 391 g/mol. The average molecular weight is 392 g/mol. The van der Waals surface area contributed by atoms with E-state index in [4.69, 9.17) is 21.1 Å². The first-order valence-corrected chi connectivity index (χ1v) is 8.47. The van der Waals surface area contributed by atoms with Gasteiger partial charge in [-0.25, -0.2) is 9.18 Å². The van der Waals surface area contributed by atoms with Gasteiger partial charge < -0.3 is 14.8 Å². The van der Waals surface area contributed by atoms with Crippen LogP contribution >= 0.6 is 11.6 Å². The Morgan fingerprint density at radius 2 is 2.00 bits per heavy atom. The van der Waals surface area contributed by atoms with Gasteiger partial charge in [0.05, 0.1) is 12.8 Å². The number of carbonyl (C=O) groups is 2. The Kier molecular flexibility index (Phi) is 6.96. The van der Waals surface area contributed by atoms with Gasteiger partial charge in [0.25, 0.3) is 5.91 Å². The molecule has 1 atom stereocenters. The third-order valence-corrected chi connectivity index (χ3v) is 4.07. The van der Waals surface area contributed by atoms with E-state index in [0.717, 1.165) is 11.6 Å². The molecule has 1 N–H and O–H groups in total. The summed E-state index contributed by atoms with van der Waals surface area (Å²) >= 11 is 6.03. The molecule has 0 aliphatic rings. The smallest absolute Gasteiger partial charge is 0.331 e. The number of methoxy groups -OCH3 is 1. The molecule has 0 radical (unpaired) electrons. The predicted octanol–water partition coefficient (Wildman–Crippen LogP) is 4.38. The topological polar surface area (TPSA) is 64.6 Å². The molecule has 0 heterocycles. The lowest BCUT2D eigenvalue weighted by molar-refractivity contribution is -0.148. The fourth-order valence-corrected chi connectivity index (χ4v) is 2.36. The third-order valence-electron chi connectivity index (χ3n) is 3.66. The number of ether oxygens (including phenoxy) is 2. The quantitative estimate of drug-likeness (QED) is 0.586. The molecule has 142 valence electrons. The molecule has 0 spiro atoms. The van der Waals surface area contributed by atoms with E-state index in [1.807, 2.05) is 0 Å². The van der Waals surface area contributed by atoms with E-state index in [0.29, 0.717) is 22.0 Å². The lowest BCUT2D eigenvalue weighted by atomic mass is 10.2. The average Bonchev–Trinajstić information content (AvgIpc) is 2.62. The van der Waals surface area contributed by atoms with Crippen LogP contribution in [0.15, 0.2) is 42.5 Å². The highest BCUT2D eigenvalue weighted by Crippen LogP contribution is 2.31. The maximum absolute atomic E-state index is 13.1. The van der Waals surface area contributed by atoms with Crippen molar-refractivity contribution in [1.82, 2.24) is 0 Å². The number of rotatable bonds is 6. The van der Waals surface area contributed by atoms with Crippen LogP contribution in [0.3, 0.4) is 0 Å². The van der Waals surface area contributed by atoms with Crippen LogP contribution in [0.25, 0.3) is 6.08 Å². The number of aryl methyl sites for hydroxylation is 1. The number of hydrogen-bond donors (Lipinski definition) is 1. The fourth-order valence-electron chi connectivity index (χ4n) is 2.21. The van der Waals surface area contributed by atoms with Crippen molar-refractivity contribution in [3.05, 3.63) is 64.4 Å². The minimum Gasteiger partial charge on any atom is -0.495 e. The van der Waals surface area contributed by atoms with Crippen molar-refractivity contribution < 1.29 is 23.5 Å². The van der Waals surface area contributed by atoms with Crippen LogP contribution in [0.4, 0.5) is 10.1 Å². The van der Waals surface area contributed by atoms with E-state index in [9.17, 15) is 14.0 Å². The molecule has 0 aliphatic heterocycles. The van der Waals surface area contributed by atoms with Crippen molar-refractivity contribution in [3.63, 3.8) is 0 Å². The van der Waals surface area contributed by atoms with Gasteiger partial charge >= 0.3 is 5.97 Å². The second-order valence-corrected chi connectivity index (χ2v) is 6.17. The molecule has 0 bridgehead atoms. The molecule has 2 aromatic rings. The van der Waals surface area contributed by atoms with E-state index in [1.54, 1.807) is 25.1 Å². The van der Waals surface area contributed by atoms with Crippen LogP contribution in [-0.2, 0) is 14.3 Å². The lowest BCUT2D eigenvalue weighted by Gasteiger charge is -2.15. The first-order chi connectivity index (χ1) is 12.8. The largest absolute Gasteiger partial charge is 0.495 e. The van der Waals surface area contributed by atoms with Gasteiger partial charge in [-0.1, -0.05) is 23.7 Å². The highest BCUT2D eigenvalue weighted by molar-refractivity contribution is 6.31. The van der Waals surface area contributed by atoms with Crippen molar-refractivity contribution in [2.24, 2.45) is 0 Å². The molecule has 5 nitrogen and oxygen atoms in total. The van der Waals surface area contributed by atoms with Gasteiger partial charge in [0, 0.05) is 17.2 Å². The Hall–Kier alpha value is -2.86.